The molecule has 2 heterocycles. The molecule has 7 heteroatoms. The van der Waals surface area contributed by atoms with Crippen molar-refractivity contribution >= 4 is 23.2 Å². The maximum atomic E-state index is 13.5. The van der Waals surface area contributed by atoms with Crippen LogP contribution < -0.4 is 10.2 Å². The topological polar surface area (TPSA) is 58.1 Å². The average Bonchev–Trinajstić information content (AvgIpc) is 2.99. The van der Waals surface area contributed by atoms with Gasteiger partial charge in [-0.05, 0) is 24.6 Å². The zero-order valence-electron chi connectivity index (χ0n) is 11.7. The third-order valence-electron chi connectivity index (χ3n) is 3.59. The number of halogens is 2. The molecule has 1 aromatic heterocycles. The average molecular weight is 321 g/mol. The van der Waals surface area contributed by atoms with Crippen LogP contribution in [-0.2, 0) is 0 Å². The Morgan fingerprint density at radius 1 is 1.41 bits per heavy atom. The summed E-state index contributed by atoms with van der Waals surface area (Å²) in [6.07, 6.45) is 5.21. The van der Waals surface area contributed by atoms with Crippen LogP contribution in [0.1, 0.15) is 16.9 Å². The lowest BCUT2D eigenvalue weighted by Gasteiger charge is -2.19. The first-order valence-corrected chi connectivity index (χ1v) is 7.28. The second kappa shape index (κ2) is 6.27. The summed E-state index contributed by atoms with van der Waals surface area (Å²) in [5, 5.41) is 3.02. The number of carbonyl (C=O) groups is 1. The normalized spacial score (nSPS) is 17.5. The van der Waals surface area contributed by atoms with Crippen LogP contribution in [0.2, 0.25) is 5.02 Å². The molecule has 0 spiro atoms. The molecule has 0 bridgehead atoms. The molecule has 1 amide bonds. The van der Waals surface area contributed by atoms with E-state index in [1.807, 2.05) is 4.90 Å². The number of benzene rings is 1. The van der Waals surface area contributed by atoms with Gasteiger partial charge in [-0.15, -0.1) is 0 Å². The molecule has 1 aromatic carbocycles. The van der Waals surface area contributed by atoms with Crippen molar-refractivity contribution in [3.63, 3.8) is 0 Å². The van der Waals surface area contributed by atoms with Crippen LogP contribution in [0.25, 0.3) is 0 Å². The van der Waals surface area contributed by atoms with E-state index in [2.05, 4.69) is 15.3 Å². The Balaban J connectivity index is 1.62. The highest BCUT2D eigenvalue weighted by molar-refractivity contribution is 6.30. The minimum absolute atomic E-state index is 0.00625. The molecule has 0 unspecified atom stereocenters. The fourth-order valence-corrected chi connectivity index (χ4v) is 2.59. The Bertz CT molecular complexity index is 682. The molecule has 114 valence electrons. The number of hydrogen-bond donors (Lipinski definition) is 1. The number of hydrogen-bond acceptors (Lipinski definition) is 4. The zero-order valence-corrected chi connectivity index (χ0v) is 12.4. The lowest BCUT2D eigenvalue weighted by molar-refractivity contribution is 0.0935. The van der Waals surface area contributed by atoms with Crippen LogP contribution in [0, 0.1) is 5.82 Å². The summed E-state index contributed by atoms with van der Waals surface area (Å²) < 4.78 is 13.5. The molecular formula is C15H14ClFN4O. The molecule has 1 aliphatic rings. The van der Waals surface area contributed by atoms with Gasteiger partial charge in [-0.2, -0.15) is 0 Å². The predicted molar refractivity (Wildman–Crippen MR) is 81.5 cm³/mol. The predicted octanol–water partition coefficient (Wildman–Crippen LogP) is 2.28. The van der Waals surface area contributed by atoms with Crippen molar-refractivity contribution in [2.24, 2.45) is 0 Å². The monoisotopic (exact) mass is 320 g/mol. The molecule has 0 radical (unpaired) electrons. The van der Waals surface area contributed by atoms with E-state index in [1.165, 1.54) is 30.7 Å². The van der Waals surface area contributed by atoms with E-state index in [9.17, 15) is 9.18 Å². The molecule has 1 fully saturated rings. The minimum atomic E-state index is -0.439. The maximum absolute atomic E-state index is 13.5. The van der Waals surface area contributed by atoms with Gasteiger partial charge in [-0.3, -0.25) is 9.78 Å². The largest absolute Gasteiger partial charge is 0.369 e. The fraction of sp³-hybridized carbons (Fsp3) is 0.267. The Hall–Kier alpha value is -2.21. The summed E-state index contributed by atoms with van der Waals surface area (Å²) in [6, 6.07) is 4.72. The molecule has 1 saturated heterocycles. The van der Waals surface area contributed by atoms with Crippen molar-refractivity contribution in [3.05, 3.63) is 53.3 Å². The van der Waals surface area contributed by atoms with Gasteiger partial charge in [0.2, 0.25) is 0 Å². The smallest absolute Gasteiger partial charge is 0.271 e. The zero-order chi connectivity index (χ0) is 15.5. The molecular weight excluding hydrogens is 307 g/mol. The van der Waals surface area contributed by atoms with Gasteiger partial charge in [0.25, 0.3) is 5.91 Å². The van der Waals surface area contributed by atoms with Gasteiger partial charge in [0.15, 0.2) is 0 Å². The van der Waals surface area contributed by atoms with E-state index in [1.54, 1.807) is 6.07 Å². The molecule has 22 heavy (non-hydrogen) atoms. The first kappa shape index (κ1) is 14.7. The summed E-state index contributed by atoms with van der Waals surface area (Å²) >= 11 is 5.69. The second-order valence-electron chi connectivity index (χ2n) is 5.09. The van der Waals surface area contributed by atoms with Gasteiger partial charge >= 0.3 is 0 Å². The lowest BCUT2D eigenvalue weighted by atomic mass is 10.2. The van der Waals surface area contributed by atoms with E-state index < -0.39 is 5.82 Å². The van der Waals surface area contributed by atoms with Crippen LogP contribution in [0.4, 0.5) is 10.1 Å². The number of carbonyl (C=O) groups excluding carboxylic acids is 1. The number of nitrogens with one attached hydrogen (secondary N) is 1. The van der Waals surface area contributed by atoms with Crippen LogP contribution in [0.5, 0.6) is 0 Å². The Morgan fingerprint density at radius 2 is 2.27 bits per heavy atom. The van der Waals surface area contributed by atoms with Crippen LogP contribution in [0.3, 0.4) is 0 Å². The number of aromatic nitrogens is 2. The number of rotatable bonds is 3. The molecule has 5 nitrogen and oxygen atoms in total. The second-order valence-corrected chi connectivity index (χ2v) is 5.50. The highest BCUT2D eigenvalue weighted by Crippen LogP contribution is 2.25. The Labute approximate surface area is 132 Å². The lowest BCUT2D eigenvalue weighted by Crippen LogP contribution is -2.37. The standard InChI is InChI=1S/C15H14ClFN4O/c16-12-2-1-11(7-13(12)17)21-6-3-10(9-21)20-15(22)14-8-18-4-5-19-14/h1-2,4-5,7-8,10H,3,6,9H2,(H,20,22)/t10-/m0/s1. The Kier molecular flexibility index (Phi) is 4.20. The molecule has 0 aliphatic carbocycles. The molecule has 1 N–H and O–H groups in total. The van der Waals surface area contributed by atoms with Gasteiger partial charge in [-0.1, -0.05) is 11.6 Å². The molecule has 0 saturated carbocycles. The van der Waals surface area contributed by atoms with Gasteiger partial charge in [0, 0.05) is 37.2 Å². The van der Waals surface area contributed by atoms with Gasteiger partial charge < -0.3 is 10.2 Å². The van der Waals surface area contributed by atoms with E-state index in [0.717, 1.165) is 18.7 Å². The maximum Gasteiger partial charge on any atom is 0.271 e. The summed E-state index contributed by atoms with van der Waals surface area (Å²) in [4.78, 5) is 21.9. The fourth-order valence-electron chi connectivity index (χ4n) is 2.47. The van der Waals surface area contributed by atoms with Crippen molar-refractivity contribution in [3.8, 4) is 0 Å². The van der Waals surface area contributed by atoms with E-state index >= 15 is 0 Å². The highest BCUT2D eigenvalue weighted by Gasteiger charge is 2.25. The van der Waals surface area contributed by atoms with Crippen molar-refractivity contribution in [2.45, 2.75) is 12.5 Å². The summed E-state index contributed by atoms with van der Waals surface area (Å²) in [5.41, 5.74) is 1.05. The third kappa shape index (κ3) is 3.17. The van der Waals surface area contributed by atoms with E-state index in [-0.39, 0.29) is 17.0 Å². The third-order valence-corrected chi connectivity index (χ3v) is 3.89. The van der Waals surface area contributed by atoms with Crippen molar-refractivity contribution in [1.82, 2.24) is 15.3 Å². The molecule has 1 aliphatic heterocycles. The molecule has 2 aromatic rings. The van der Waals surface area contributed by atoms with Gasteiger partial charge in [0.05, 0.1) is 11.2 Å². The highest BCUT2D eigenvalue weighted by atomic mass is 35.5. The quantitative estimate of drug-likeness (QED) is 0.942. The first-order chi connectivity index (χ1) is 10.6. The number of anilines is 1. The van der Waals surface area contributed by atoms with Crippen LogP contribution in [-0.4, -0.2) is 35.0 Å². The van der Waals surface area contributed by atoms with Crippen molar-refractivity contribution < 1.29 is 9.18 Å². The van der Waals surface area contributed by atoms with Crippen LogP contribution >= 0.6 is 11.6 Å². The summed E-state index contributed by atoms with van der Waals surface area (Å²) in [7, 11) is 0. The first-order valence-electron chi connectivity index (χ1n) is 6.90. The Morgan fingerprint density at radius 3 is 3.00 bits per heavy atom. The van der Waals surface area contributed by atoms with Crippen LogP contribution in [0.15, 0.2) is 36.8 Å². The SMILES string of the molecule is O=C(N[C@H]1CCN(c2ccc(Cl)c(F)c2)C1)c1cnccn1. The summed E-state index contributed by atoms with van der Waals surface area (Å²) in [5.74, 6) is -0.687. The minimum Gasteiger partial charge on any atom is -0.369 e. The van der Waals surface area contributed by atoms with Crippen molar-refractivity contribution in [1.29, 1.82) is 0 Å². The number of nitrogens with zero attached hydrogens (tertiary/aromatic N) is 3. The molecule has 1 atom stereocenters. The van der Waals surface area contributed by atoms with E-state index in [4.69, 9.17) is 11.6 Å². The molecule has 3 rings (SSSR count). The summed E-state index contributed by atoms with van der Waals surface area (Å²) in [6.45, 7) is 1.36. The number of amides is 1. The van der Waals surface area contributed by atoms with Crippen molar-refractivity contribution in [2.75, 3.05) is 18.0 Å². The van der Waals surface area contributed by atoms with E-state index in [0.29, 0.717) is 12.2 Å². The van der Waals surface area contributed by atoms with Gasteiger partial charge in [-0.25, -0.2) is 9.37 Å². The van der Waals surface area contributed by atoms with Gasteiger partial charge in [0.1, 0.15) is 11.5 Å².